The van der Waals surface area contributed by atoms with E-state index >= 15 is 0 Å². The molecule has 0 bridgehead atoms. The van der Waals surface area contributed by atoms with Crippen LogP contribution in [0.15, 0.2) is 54.6 Å². The molecule has 0 radical (unpaired) electrons. The molecule has 0 unspecified atom stereocenters. The summed E-state index contributed by atoms with van der Waals surface area (Å²) in [5.41, 5.74) is 1.80. The third-order valence-corrected chi connectivity index (χ3v) is 3.78. The van der Waals surface area contributed by atoms with Crippen LogP contribution in [-0.2, 0) is 0 Å². The Morgan fingerprint density at radius 2 is 1.61 bits per heavy atom. The van der Waals surface area contributed by atoms with Gasteiger partial charge in [-0.25, -0.2) is 19.2 Å². The zero-order valence-electron chi connectivity index (χ0n) is 15.8. The largest absolute Gasteiger partial charge is 0.363 e. The lowest BCUT2D eigenvalue weighted by Crippen LogP contribution is -2.19. The molecule has 144 valence electrons. The summed E-state index contributed by atoms with van der Waals surface area (Å²) in [5, 5.41) is 8.50. The van der Waals surface area contributed by atoms with Crippen LogP contribution >= 0.6 is 0 Å². The Morgan fingerprint density at radius 1 is 0.929 bits per heavy atom. The molecule has 2 aromatic carbocycles. The number of amides is 2. The molecule has 7 nitrogen and oxygen atoms in total. The van der Waals surface area contributed by atoms with Crippen LogP contribution in [0.1, 0.15) is 5.82 Å². The highest BCUT2D eigenvalue weighted by molar-refractivity contribution is 5.99. The van der Waals surface area contributed by atoms with Crippen LogP contribution < -0.4 is 20.9 Å². The molecule has 0 saturated heterocycles. The van der Waals surface area contributed by atoms with Crippen molar-refractivity contribution in [2.24, 2.45) is 0 Å². The van der Waals surface area contributed by atoms with Crippen molar-refractivity contribution >= 4 is 34.7 Å². The van der Waals surface area contributed by atoms with Gasteiger partial charge in [0.05, 0.1) is 0 Å². The molecular formula is C20H21FN6O. The first-order chi connectivity index (χ1) is 13.4. The van der Waals surface area contributed by atoms with Crippen LogP contribution in [0.2, 0.25) is 0 Å². The van der Waals surface area contributed by atoms with Gasteiger partial charge in [-0.3, -0.25) is 0 Å². The number of halogens is 1. The van der Waals surface area contributed by atoms with Gasteiger partial charge in [0.25, 0.3) is 0 Å². The van der Waals surface area contributed by atoms with Gasteiger partial charge in [-0.1, -0.05) is 6.07 Å². The average Bonchev–Trinajstić information content (AvgIpc) is 2.63. The normalized spacial score (nSPS) is 10.3. The Balaban J connectivity index is 1.63. The van der Waals surface area contributed by atoms with E-state index in [4.69, 9.17) is 0 Å². The van der Waals surface area contributed by atoms with E-state index in [0.29, 0.717) is 23.0 Å². The van der Waals surface area contributed by atoms with Gasteiger partial charge in [-0.2, -0.15) is 0 Å². The number of hydrogen-bond acceptors (Lipinski definition) is 5. The summed E-state index contributed by atoms with van der Waals surface area (Å²) in [6.07, 6.45) is 0. The summed E-state index contributed by atoms with van der Waals surface area (Å²) in [6.45, 7) is 1.84. The van der Waals surface area contributed by atoms with Crippen molar-refractivity contribution in [2.45, 2.75) is 6.92 Å². The molecule has 0 spiro atoms. The molecule has 0 fully saturated rings. The van der Waals surface area contributed by atoms with Crippen molar-refractivity contribution < 1.29 is 9.18 Å². The fourth-order valence-electron chi connectivity index (χ4n) is 2.49. The highest BCUT2D eigenvalue weighted by Gasteiger charge is 2.06. The fraction of sp³-hybridized carbons (Fsp3) is 0.150. The lowest BCUT2D eigenvalue weighted by atomic mass is 10.2. The molecular weight excluding hydrogens is 359 g/mol. The molecule has 8 heteroatoms. The van der Waals surface area contributed by atoms with Crippen LogP contribution in [0.3, 0.4) is 0 Å². The SMILES string of the molecule is Cc1nc(Nc2ccc(NC(=O)Nc3cccc(F)c3)cc2)cc(N(C)C)n1. The summed E-state index contributed by atoms with van der Waals surface area (Å²) in [7, 11) is 3.84. The Labute approximate surface area is 162 Å². The molecule has 3 aromatic rings. The van der Waals surface area contributed by atoms with E-state index in [1.807, 2.05) is 44.1 Å². The van der Waals surface area contributed by atoms with Crippen LogP contribution in [0.25, 0.3) is 0 Å². The first-order valence-electron chi connectivity index (χ1n) is 8.63. The Bertz CT molecular complexity index is 975. The van der Waals surface area contributed by atoms with E-state index in [1.54, 1.807) is 18.2 Å². The van der Waals surface area contributed by atoms with Crippen molar-refractivity contribution in [3.63, 3.8) is 0 Å². The third-order valence-electron chi connectivity index (χ3n) is 3.78. The summed E-state index contributed by atoms with van der Waals surface area (Å²) >= 11 is 0. The molecule has 3 rings (SSSR count). The van der Waals surface area contributed by atoms with E-state index in [-0.39, 0.29) is 0 Å². The van der Waals surface area contributed by atoms with Crippen LogP contribution in [0.4, 0.5) is 37.9 Å². The Kier molecular flexibility index (Phi) is 5.69. The molecule has 1 heterocycles. The molecule has 0 saturated carbocycles. The molecule has 1 aromatic heterocycles. The minimum atomic E-state index is -0.451. The van der Waals surface area contributed by atoms with Crippen LogP contribution in [-0.4, -0.2) is 30.1 Å². The smallest absolute Gasteiger partial charge is 0.323 e. The number of aryl methyl sites for hydroxylation is 1. The number of carbonyl (C=O) groups is 1. The van der Waals surface area contributed by atoms with E-state index in [1.165, 1.54) is 18.2 Å². The second kappa shape index (κ2) is 8.34. The predicted molar refractivity (Wildman–Crippen MR) is 110 cm³/mol. The maximum Gasteiger partial charge on any atom is 0.323 e. The van der Waals surface area contributed by atoms with E-state index in [2.05, 4.69) is 25.9 Å². The molecule has 0 aliphatic rings. The van der Waals surface area contributed by atoms with Gasteiger partial charge in [0.1, 0.15) is 23.3 Å². The summed E-state index contributed by atoms with van der Waals surface area (Å²) in [6, 6.07) is 14.3. The molecule has 0 atom stereocenters. The van der Waals surface area contributed by atoms with Crippen molar-refractivity contribution in [2.75, 3.05) is 34.9 Å². The second-order valence-corrected chi connectivity index (χ2v) is 6.34. The maximum atomic E-state index is 13.2. The van der Waals surface area contributed by atoms with Gasteiger partial charge in [-0.05, 0) is 49.4 Å². The number of carbonyl (C=O) groups excluding carboxylic acids is 1. The van der Waals surface area contributed by atoms with Crippen molar-refractivity contribution in [3.05, 3.63) is 66.2 Å². The van der Waals surface area contributed by atoms with Gasteiger partial charge in [0.2, 0.25) is 0 Å². The first kappa shape index (κ1) is 19.1. The average molecular weight is 380 g/mol. The highest BCUT2D eigenvalue weighted by atomic mass is 19.1. The number of nitrogens with zero attached hydrogens (tertiary/aromatic N) is 3. The van der Waals surface area contributed by atoms with Gasteiger partial charge >= 0.3 is 6.03 Å². The number of anilines is 5. The van der Waals surface area contributed by atoms with Crippen LogP contribution in [0.5, 0.6) is 0 Å². The molecule has 3 N–H and O–H groups in total. The quantitative estimate of drug-likeness (QED) is 0.612. The molecule has 28 heavy (non-hydrogen) atoms. The standard InChI is InChI=1S/C20H21FN6O/c1-13-22-18(12-19(23-13)27(2)3)24-15-7-9-16(10-8-15)25-20(28)26-17-6-4-5-14(21)11-17/h4-12H,1-3H3,(H,22,23,24)(H2,25,26,28). The highest BCUT2D eigenvalue weighted by Crippen LogP contribution is 2.20. The Morgan fingerprint density at radius 3 is 2.29 bits per heavy atom. The third kappa shape index (κ3) is 5.16. The Hall–Kier alpha value is -3.68. The summed E-state index contributed by atoms with van der Waals surface area (Å²) in [5.74, 6) is 1.75. The van der Waals surface area contributed by atoms with Gasteiger partial charge in [0, 0.05) is 37.2 Å². The van der Waals surface area contributed by atoms with E-state index in [9.17, 15) is 9.18 Å². The first-order valence-corrected chi connectivity index (χ1v) is 8.63. The molecule has 0 aliphatic carbocycles. The molecule has 0 aliphatic heterocycles. The number of nitrogens with one attached hydrogen (secondary N) is 3. The number of aromatic nitrogens is 2. The van der Waals surface area contributed by atoms with Crippen molar-refractivity contribution in [1.82, 2.24) is 9.97 Å². The topological polar surface area (TPSA) is 82.2 Å². The zero-order chi connectivity index (χ0) is 20.1. The minimum absolute atomic E-state index is 0.381. The fourth-order valence-corrected chi connectivity index (χ4v) is 2.49. The zero-order valence-corrected chi connectivity index (χ0v) is 15.8. The monoisotopic (exact) mass is 380 g/mol. The van der Waals surface area contributed by atoms with Crippen molar-refractivity contribution in [3.8, 4) is 0 Å². The van der Waals surface area contributed by atoms with Gasteiger partial charge in [0.15, 0.2) is 0 Å². The van der Waals surface area contributed by atoms with E-state index in [0.717, 1.165) is 11.5 Å². The van der Waals surface area contributed by atoms with Gasteiger partial charge in [-0.15, -0.1) is 0 Å². The maximum absolute atomic E-state index is 13.2. The predicted octanol–water partition coefficient (Wildman–Crippen LogP) is 4.38. The lowest BCUT2D eigenvalue weighted by molar-refractivity contribution is 0.262. The summed E-state index contributed by atoms with van der Waals surface area (Å²) < 4.78 is 13.2. The summed E-state index contributed by atoms with van der Waals surface area (Å²) in [4.78, 5) is 22.7. The van der Waals surface area contributed by atoms with Crippen LogP contribution in [0, 0.1) is 12.7 Å². The molecule has 2 amide bonds. The van der Waals surface area contributed by atoms with E-state index < -0.39 is 11.8 Å². The van der Waals surface area contributed by atoms with Crippen molar-refractivity contribution in [1.29, 1.82) is 0 Å². The minimum Gasteiger partial charge on any atom is -0.363 e. The van der Waals surface area contributed by atoms with Gasteiger partial charge < -0.3 is 20.9 Å². The number of urea groups is 1. The number of rotatable bonds is 5. The number of hydrogen-bond donors (Lipinski definition) is 3. The number of benzene rings is 2. The second-order valence-electron chi connectivity index (χ2n) is 6.34. The lowest BCUT2D eigenvalue weighted by Gasteiger charge is -2.14.